The van der Waals surface area contributed by atoms with Gasteiger partial charge in [0.15, 0.2) is 0 Å². The number of hydrogen-bond acceptors (Lipinski definition) is 4. The van der Waals surface area contributed by atoms with Crippen molar-refractivity contribution in [2.45, 2.75) is 63.6 Å². The summed E-state index contributed by atoms with van der Waals surface area (Å²) in [5.74, 6) is 2.40. The quantitative estimate of drug-likeness (QED) is 0.200. The Balaban J connectivity index is 1.72. The van der Waals surface area contributed by atoms with E-state index in [1.54, 1.807) is 0 Å². The fourth-order valence-electron chi connectivity index (χ4n) is 4.00. The van der Waals surface area contributed by atoms with Crippen LogP contribution in [0, 0.1) is 24.2 Å². The lowest BCUT2D eigenvalue weighted by molar-refractivity contribution is -0.137. The monoisotopic (exact) mass is 406 g/mol. The normalized spacial score (nSPS) is 25.5. The van der Waals surface area contributed by atoms with Gasteiger partial charge < -0.3 is 20.5 Å². The number of carbonyl (C=O) groups excluding carboxylic acids is 1. The number of fused-ring (bicyclic) bond motifs is 2. The van der Waals surface area contributed by atoms with Crippen LogP contribution >= 0.6 is 12.2 Å². The van der Waals surface area contributed by atoms with Gasteiger partial charge in [-0.2, -0.15) is 0 Å². The number of hydrogen-bond donors (Lipinski definition) is 3. The fraction of sp³-hybridized carbons (Fsp3) is 0.667. The van der Waals surface area contributed by atoms with E-state index in [0.29, 0.717) is 42.8 Å². The van der Waals surface area contributed by atoms with Gasteiger partial charge in [0, 0.05) is 31.8 Å². The number of terminal acetylenes is 1. The highest BCUT2D eigenvalue weighted by atomic mass is 32.1. The van der Waals surface area contributed by atoms with E-state index in [-0.39, 0.29) is 31.0 Å². The average Bonchev–Trinajstić information content (AvgIpc) is 3.24. The molecule has 2 fully saturated rings. The van der Waals surface area contributed by atoms with Gasteiger partial charge in [-0.1, -0.05) is 24.4 Å². The topological polar surface area (TPSA) is 87.7 Å². The van der Waals surface area contributed by atoms with E-state index in [0.717, 1.165) is 25.7 Å². The van der Waals surface area contributed by atoms with E-state index in [1.165, 1.54) is 0 Å². The molecule has 2 heterocycles. The third-order valence-electron chi connectivity index (χ3n) is 5.37. The third kappa shape index (κ3) is 7.25. The van der Waals surface area contributed by atoms with Crippen LogP contribution in [0.3, 0.4) is 0 Å². The molecule has 4 atom stereocenters. The highest BCUT2D eigenvalue weighted by Crippen LogP contribution is 2.44. The Morgan fingerprint density at radius 3 is 2.68 bits per heavy atom. The number of carboxylic acid groups (broad SMARTS) is 1. The summed E-state index contributed by atoms with van der Waals surface area (Å²) in [5.41, 5.74) is 0. The van der Waals surface area contributed by atoms with Crippen LogP contribution in [0.1, 0.15) is 51.4 Å². The zero-order chi connectivity index (χ0) is 20.4. The van der Waals surface area contributed by atoms with Crippen LogP contribution in [0.5, 0.6) is 0 Å². The highest BCUT2D eigenvalue weighted by Gasteiger charge is 2.47. The summed E-state index contributed by atoms with van der Waals surface area (Å²) in [6.45, 7) is 1.19. The first kappa shape index (κ1) is 22.4. The zero-order valence-electron chi connectivity index (χ0n) is 16.2. The SMILES string of the molecule is C#CCCNC(=S)CC(=O)NC[C@H]1[C@@H](C/C=C\CCCC(=O)O)[C@H]2CC[C@@H]1O2. The van der Waals surface area contributed by atoms with Crippen molar-refractivity contribution in [3.05, 3.63) is 12.2 Å². The first-order valence-corrected chi connectivity index (χ1v) is 10.4. The summed E-state index contributed by atoms with van der Waals surface area (Å²) in [6.07, 6.45) is 15.3. The van der Waals surface area contributed by atoms with Crippen molar-refractivity contribution in [3.8, 4) is 12.3 Å². The Kier molecular flexibility index (Phi) is 9.45. The van der Waals surface area contributed by atoms with Gasteiger partial charge in [0.1, 0.15) is 0 Å². The lowest BCUT2D eigenvalue weighted by Crippen LogP contribution is -2.39. The lowest BCUT2D eigenvalue weighted by atomic mass is 9.77. The molecular weight excluding hydrogens is 376 g/mol. The van der Waals surface area contributed by atoms with Crippen LogP contribution in [0.4, 0.5) is 0 Å². The number of nitrogens with one attached hydrogen (secondary N) is 2. The van der Waals surface area contributed by atoms with Gasteiger partial charge in [0.05, 0.1) is 23.6 Å². The van der Waals surface area contributed by atoms with Crippen LogP contribution in [-0.4, -0.2) is 47.3 Å². The van der Waals surface area contributed by atoms with Crippen molar-refractivity contribution in [3.63, 3.8) is 0 Å². The number of carbonyl (C=O) groups is 2. The largest absolute Gasteiger partial charge is 0.481 e. The van der Waals surface area contributed by atoms with Crippen LogP contribution in [-0.2, 0) is 14.3 Å². The number of amides is 1. The smallest absolute Gasteiger partial charge is 0.303 e. The average molecular weight is 407 g/mol. The number of ether oxygens (including phenoxy) is 1. The fourth-order valence-corrected chi connectivity index (χ4v) is 4.23. The number of unbranched alkanes of at least 4 members (excludes halogenated alkanes) is 1. The molecular formula is C21H30N2O4S. The minimum atomic E-state index is -0.753. The van der Waals surface area contributed by atoms with E-state index in [1.807, 2.05) is 0 Å². The van der Waals surface area contributed by atoms with E-state index in [4.69, 9.17) is 28.5 Å². The predicted octanol–water partition coefficient (Wildman–Crippen LogP) is 2.43. The molecule has 0 radical (unpaired) electrons. The molecule has 154 valence electrons. The van der Waals surface area contributed by atoms with Gasteiger partial charge in [-0.15, -0.1) is 12.3 Å². The van der Waals surface area contributed by atoms with Crippen LogP contribution in [0.2, 0.25) is 0 Å². The number of carboxylic acids is 1. The van der Waals surface area contributed by atoms with Gasteiger partial charge in [0.25, 0.3) is 0 Å². The molecule has 0 saturated carbocycles. The molecule has 0 spiro atoms. The van der Waals surface area contributed by atoms with Gasteiger partial charge in [-0.25, -0.2) is 0 Å². The Hall–Kier alpha value is -1.91. The molecule has 3 N–H and O–H groups in total. The Labute approximate surface area is 172 Å². The van der Waals surface area contributed by atoms with E-state index in [9.17, 15) is 9.59 Å². The number of allylic oxidation sites excluding steroid dienone is 2. The molecule has 6 nitrogen and oxygen atoms in total. The molecule has 0 unspecified atom stereocenters. The van der Waals surface area contributed by atoms with Crippen molar-refractivity contribution < 1.29 is 19.4 Å². The molecule has 28 heavy (non-hydrogen) atoms. The summed E-state index contributed by atoms with van der Waals surface area (Å²) >= 11 is 5.17. The molecule has 2 aliphatic heterocycles. The Bertz CT molecular complexity index is 628. The molecule has 2 bridgehead atoms. The number of aliphatic carboxylic acids is 1. The van der Waals surface area contributed by atoms with Crippen molar-refractivity contribution in [1.29, 1.82) is 0 Å². The van der Waals surface area contributed by atoms with E-state index >= 15 is 0 Å². The highest BCUT2D eigenvalue weighted by molar-refractivity contribution is 7.80. The van der Waals surface area contributed by atoms with Gasteiger partial charge in [-0.05, 0) is 38.0 Å². The summed E-state index contributed by atoms with van der Waals surface area (Å²) in [6, 6.07) is 0. The third-order valence-corrected chi connectivity index (χ3v) is 5.66. The van der Waals surface area contributed by atoms with Crippen LogP contribution < -0.4 is 10.6 Å². The van der Waals surface area contributed by atoms with Crippen molar-refractivity contribution in [2.75, 3.05) is 13.1 Å². The Morgan fingerprint density at radius 2 is 1.96 bits per heavy atom. The zero-order valence-corrected chi connectivity index (χ0v) is 17.0. The molecule has 7 heteroatoms. The second kappa shape index (κ2) is 11.8. The summed E-state index contributed by atoms with van der Waals surface area (Å²) in [7, 11) is 0. The summed E-state index contributed by atoms with van der Waals surface area (Å²) < 4.78 is 6.07. The maximum Gasteiger partial charge on any atom is 0.303 e. The molecule has 0 aromatic heterocycles. The summed E-state index contributed by atoms with van der Waals surface area (Å²) in [4.78, 5) is 23.2. The summed E-state index contributed by atoms with van der Waals surface area (Å²) in [5, 5.41) is 14.7. The molecule has 2 rings (SSSR count). The second-order valence-corrected chi connectivity index (χ2v) is 7.89. The first-order valence-electron chi connectivity index (χ1n) is 10.0. The van der Waals surface area contributed by atoms with E-state index in [2.05, 4.69) is 28.7 Å². The molecule has 0 aromatic carbocycles. The van der Waals surface area contributed by atoms with Crippen LogP contribution in [0.25, 0.3) is 0 Å². The van der Waals surface area contributed by atoms with Gasteiger partial charge >= 0.3 is 5.97 Å². The van der Waals surface area contributed by atoms with Crippen molar-refractivity contribution in [1.82, 2.24) is 10.6 Å². The molecule has 0 aromatic rings. The van der Waals surface area contributed by atoms with Gasteiger partial charge in [0.2, 0.25) is 5.91 Å². The van der Waals surface area contributed by atoms with Gasteiger partial charge in [-0.3, -0.25) is 9.59 Å². The first-order chi connectivity index (χ1) is 13.5. The minimum Gasteiger partial charge on any atom is -0.481 e. The molecule has 2 aliphatic rings. The standard InChI is InChI=1S/C21H30N2O4S/c1-2-3-12-22-20(28)13-19(24)23-14-16-15(17-10-11-18(16)27-17)8-6-4-5-7-9-21(25)26/h1,4,6,15-18H,3,5,7-14H2,(H,22,28)(H,23,24)(H,25,26)/b6-4-/t15-,16+,17-,18+/m1/s1. The lowest BCUT2D eigenvalue weighted by Gasteiger charge is -2.27. The number of thiocarbonyl (C=S) groups is 1. The molecule has 2 saturated heterocycles. The number of rotatable bonds is 12. The maximum atomic E-state index is 12.2. The maximum absolute atomic E-state index is 12.2. The Morgan fingerprint density at radius 1 is 1.21 bits per heavy atom. The minimum absolute atomic E-state index is 0.0797. The van der Waals surface area contributed by atoms with Crippen molar-refractivity contribution in [2.24, 2.45) is 11.8 Å². The predicted molar refractivity (Wildman–Crippen MR) is 112 cm³/mol. The van der Waals surface area contributed by atoms with E-state index < -0.39 is 5.97 Å². The molecule has 0 aliphatic carbocycles. The second-order valence-electron chi connectivity index (χ2n) is 7.40. The molecule has 1 amide bonds. The van der Waals surface area contributed by atoms with Crippen LogP contribution in [0.15, 0.2) is 12.2 Å². The van der Waals surface area contributed by atoms with Crippen molar-refractivity contribution >= 4 is 29.1 Å².